The minimum atomic E-state index is -3.87. The molecule has 1 saturated heterocycles. The second-order valence-electron chi connectivity index (χ2n) is 9.68. The number of likely N-dealkylation sites (tertiary alicyclic amines) is 1. The normalized spacial score (nSPS) is 20.2. The number of carboxylic acids is 1. The molecule has 3 aliphatic rings. The highest BCUT2D eigenvalue weighted by Crippen LogP contribution is 2.52. The van der Waals surface area contributed by atoms with E-state index in [9.17, 15) is 28.3 Å². The van der Waals surface area contributed by atoms with Crippen molar-refractivity contribution in [2.45, 2.75) is 31.1 Å². The number of carboxylic acid groups (broad SMARTS) is 1. The second-order valence-corrected chi connectivity index (χ2v) is 9.68. The number of benzene rings is 2. The predicted octanol–water partition coefficient (Wildman–Crippen LogP) is 3.87. The van der Waals surface area contributed by atoms with E-state index >= 15 is 0 Å². The summed E-state index contributed by atoms with van der Waals surface area (Å²) in [6, 6.07) is 15.5. The Morgan fingerprint density at radius 3 is 2.17 bits per heavy atom. The number of hydrogen-bond donors (Lipinski definition) is 2. The first kappa shape index (κ1) is 23.3. The highest BCUT2D eigenvalue weighted by atomic mass is 19.3. The number of alkyl carbamates (subject to hydrolysis) is 1. The van der Waals surface area contributed by atoms with Crippen molar-refractivity contribution in [1.82, 2.24) is 10.2 Å². The van der Waals surface area contributed by atoms with Crippen LogP contribution in [0.25, 0.3) is 11.1 Å². The molecule has 1 heterocycles. The molecule has 0 bridgehead atoms. The third kappa shape index (κ3) is 4.02. The lowest BCUT2D eigenvalue weighted by molar-refractivity contribution is -0.156. The molecule has 5 rings (SSSR count). The van der Waals surface area contributed by atoms with Crippen LogP contribution in [0.2, 0.25) is 0 Å². The van der Waals surface area contributed by atoms with Gasteiger partial charge in [-0.15, -0.1) is 0 Å². The van der Waals surface area contributed by atoms with Crippen LogP contribution in [-0.2, 0) is 14.3 Å². The minimum absolute atomic E-state index is 0.00331. The van der Waals surface area contributed by atoms with Crippen LogP contribution >= 0.6 is 0 Å². The molecule has 2 fully saturated rings. The van der Waals surface area contributed by atoms with Gasteiger partial charge in [-0.05, 0) is 35.1 Å². The predicted molar refractivity (Wildman–Crippen MR) is 122 cm³/mol. The van der Waals surface area contributed by atoms with Gasteiger partial charge in [0.05, 0.1) is 12.5 Å². The maximum Gasteiger partial charge on any atom is 0.407 e. The van der Waals surface area contributed by atoms with Gasteiger partial charge in [0.2, 0.25) is 0 Å². The van der Waals surface area contributed by atoms with Crippen molar-refractivity contribution in [3.05, 3.63) is 59.7 Å². The topological polar surface area (TPSA) is 95.9 Å². The number of fused-ring (bicyclic) bond motifs is 3. The number of hydrogen-bond acceptors (Lipinski definition) is 4. The van der Waals surface area contributed by atoms with Crippen LogP contribution < -0.4 is 5.32 Å². The Kier molecular flexibility index (Phi) is 5.73. The molecule has 0 aromatic heterocycles. The van der Waals surface area contributed by atoms with E-state index in [1.54, 1.807) is 0 Å². The van der Waals surface area contributed by atoms with Crippen LogP contribution in [0, 0.1) is 11.3 Å². The SMILES string of the molecule is O=C(NCC(F)(F)C(=O)N1CC(C(=O)O)C2(CCC2)C1)OCC1c2ccccc2-c2ccccc21. The van der Waals surface area contributed by atoms with Crippen molar-refractivity contribution in [1.29, 1.82) is 0 Å². The number of ether oxygens (including phenoxy) is 1. The number of alkyl halides is 2. The fourth-order valence-electron chi connectivity index (χ4n) is 5.74. The number of halogens is 2. The number of nitrogens with one attached hydrogen (secondary N) is 1. The number of nitrogens with zero attached hydrogens (tertiary/aromatic N) is 1. The largest absolute Gasteiger partial charge is 0.481 e. The summed E-state index contributed by atoms with van der Waals surface area (Å²) >= 11 is 0. The second kappa shape index (κ2) is 8.62. The standard InChI is InChI=1S/C26H26F2N2O5/c27-26(28,23(33)30-12-21(22(31)32)25(15-30)10-5-11-25)14-29-24(34)35-13-20-18-8-3-1-6-16(18)17-7-2-4-9-19(17)20/h1-4,6-9,20-21H,5,10-15H2,(H,29,34)(H,31,32). The summed E-state index contributed by atoms with van der Waals surface area (Å²) in [4.78, 5) is 37.3. The summed E-state index contributed by atoms with van der Waals surface area (Å²) in [6.07, 6.45) is 1.000. The summed E-state index contributed by atoms with van der Waals surface area (Å²) in [5.41, 5.74) is 3.47. The van der Waals surface area contributed by atoms with Gasteiger partial charge < -0.3 is 20.1 Å². The van der Waals surface area contributed by atoms with Crippen molar-refractivity contribution >= 4 is 18.0 Å². The molecule has 2 aromatic rings. The average molecular weight is 484 g/mol. The number of amides is 2. The first-order valence-electron chi connectivity index (χ1n) is 11.7. The first-order valence-corrected chi connectivity index (χ1v) is 11.7. The molecule has 35 heavy (non-hydrogen) atoms. The fraction of sp³-hybridized carbons (Fsp3) is 0.423. The molecule has 184 valence electrons. The molecule has 1 unspecified atom stereocenters. The van der Waals surface area contributed by atoms with Crippen LogP contribution in [0.4, 0.5) is 13.6 Å². The van der Waals surface area contributed by atoms with Gasteiger partial charge in [0.15, 0.2) is 0 Å². The van der Waals surface area contributed by atoms with Gasteiger partial charge in [-0.1, -0.05) is 55.0 Å². The summed E-state index contributed by atoms with van der Waals surface area (Å²) < 4.78 is 34.6. The molecule has 1 aliphatic heterocycles. The van der Waals surface area contributed by atoms with E-state index in [-0.39, 0.29) is 25.6 Å². The fourth-order valence-corrected chi connectivity index (χ4v) is 5.74. The molecule has 1 atom stereocenters. The summed E-state index contributed by atoms with van der Waals surface area (Å²) in [5.74, 6) is -7.46. The van der Waals surface area contributed by atoms with Crippen molar-refractivity contribution in [3.63, 3.8) is 0 Å². The number of carbonyl (C=O) groups is 3. The van der Waals surface area contributed by atoms with E-state index in [0.29, 0.717) is 12.8 Å². The molecule has 1 spiro atoms. The van der Waals surface area contributed by atoms with Crippen LogP contribution in [0.3, 0.4) is 0 Å². The van der Waals surface area contributed by atoms with Crippen LogP contribution in [-0.4, -0.2) is 60.1 Å². The van der Waals surface area contributed by atoms with Crippen LogP contribution in [0.15, 0.2) is 48.5 Å². The number of rotatable bonds is 6. The van der Waals surface area contributed by atoms with Crippen molar-refractivity contribution in [3.8, 4) is 11.1 Å². The minimum Gasteiger partial charge on any atom is -0.481 e. The third-order valence-corrected chi connectivity index (χ3v) is 7.69. The van der Waals surface area contributed by atoms with Gasteiger partial charge in [0.25, 0.3) is 5.91 Å². The summed E-state index contributed by atoms with van der Waals surface area (Å²) in [5, 5.41) is 11.5. The number of aliphatic carboxylic acids is 1. The van der Waals surface area contributed by atoms with Gasteiger partial charge in [-0.2, -0.15) is 8.78 Å². The molecule has 7 nitrogen and oxygen atoms in total. The van der Waals surface area contributed by atoms with Crippen LogP contribution in [0.1, 0.15) is 36.3 Å². The lowest BCUT2D eigenvalue weighted by Crippen LogP contribution is -2.50. The Balaban J connectivity index is 1.18. The lowest BCUT2D eigenvalue weighted by atomic mass is 9.63. The Hall–Kier alpha value is -3.49. The van der Waals surface area contributed by atoms with E-state index in [0.717, 1.165) is 33.6 Å². The van der Waals surface area contributed by atoms with Crippen molar-refractivity contribution in [2.75, 3.05) is 26.2 Å². The quantitative estimate of drug-likeness (QED) is 0.649. The maximum absolute atomic E-state index is 14.7. The van der Waals surface area contributed by atoms with Gasteiger partial charge >= 0.3 is 18.0 Å². The van der Waals surface area contributed by atoms with Crippen LogP contribution in [0.5, 0.6) is 0 Å². The third-order valence-electron chi connectivity index (χ3n) is 7.69. The zero-order valence-corrected chi connectivity index (χ0v) is 19.0. The van der Waals surface area contributed by atoms with Crippen molar-refractivity contribution < 1.29 is 33.0 Å². The zero-order chi connectivity index (χ0) is 24.8. The van der Waals surface area contributed by atoms with Gasteiger partial charge in [0.1, 0.15) is 6.61 Å². The molecular weight excluding hydrogens is 458 g/mol. The van der Waals surface area contributed by atoms with Gasteiger partial charge in [-0.3, -0.25) is 9.59 Å². The van der Waals surface area contributed by atoms with Crippen molar-refractivity contribution in [2.24, 2.45) is 11.3 Å². The maximum atomic E-state index is 14.7. The summed E-state index contributed by atoms with van der Waals surface area (Å²) in [6.45, 7) is -1.49. The first-order chi connectivity index (χ1) is 16.7. The monoisotopic (exact) mass is 484 g/mol. The molecule has 2 amide bonds. The zero-order valence-electron chi connectivity index (χ0n) is 19.0. The molecule has 2 N–H and O–H groups in total. The molecule has 0 radical (unpaired) electrons. The summed E-state index contributed by atoms with van der Waals surface area (Å²) in [7, 11) is 0. The number of carbonyl (C=O) groups excluding carboxylic acids is 2. The lowest BCUT2D eigenvalue weighted by Gasteiger charge is -2.41. The Labute approximate surface area is 201 Å². The smallest absolute Gasteiger partial charge is 0.407 e. The van der Waals surface area contributed by atoms with Gasteiger partial charge in [-0.25, -0.2) is 4.79 Å². The molecule has 2 aliphatic carbocycles. The highest BCUT2D eigenvalue weighted by molar-refractivity contribution is 5.86. The molecule has 9 heteroatoms. The molecule has 1 saturated carbocycles. The van der Waals surface area contributed by atoms with E-state index < -0.39 is 41.8 Å². The molecular formula is C26H26F2N2O5. The average Bonchev–Trinajstić information content (AvgIpc) is 3.38. The van der Waals surface area contributed by atoms with E-state index in [1.807, 2.05) is 53.8 Å². The highest BCUT2D eigenvalue weighted by Gasteiger charge is 2.57. The Bertz CT molecular complexity index is 1130. The molecule has 2 aromatic carbocycles. The Morgan fingerprint density at radius 2 is 1.66 bits per heavy atom. The van der Waals surface area contributed by atoms with Gasteiger partial charge in [0, 0.05) is 24.4 Å². The Morgan fingerprint density at radius 1 is 1.06 bits per heavy atom. The van der Waals surface area contributed by atoms with E-state index in [4.69, 9.17) is 4.74 Å². The van der Waals surface area contributed by atoms with E-state index in [2.05, 4.69) is 0 Å². The van der Waals surface area contributed by atoms with E-state index in [1.165, 1.54) is 0 Å².